The molecule has 1 aliphatic heterocycles. The van der Waals surface area contributed by atoms with Crippen molar-refractivity contribution in [2.45, 2.75) is 25.8 Å². The predicted molar refractivity (Wildman–Crippen MR) is 94.4 cm³/mol. The Morgan fingerprint density at radius 3 is 2.57 bits per heavy atom. The number of hydrogen-bond acceptors (Lipinski definition) is 3. The molecule has 7 heteroatoms. The number of likely N-dealkylation sites (tertiary alicyclic amines) is 1. The summed E-state index contributed by atoms with van der Waals surface area (Å²) in [6.07, 6.45) is 0.899. The number of aromatic hydroxyl groups is 1. The Hall–Kier alpha value is -0.580. The topological polar surface area (TPSA) is 77.8 Å². The molecule has 114 valence electrons. The number of amides is 1. The Morgan fingerprint density at radius 1 is 1.33 bits per heavy atom. The third kappa shape index (κ3) is 3.61. The number of benzene rings is 1. The van der Waals surface area contributed by atoms with Gasteiger partial charge in [0.2, 0.25) is 0 Å². The van der Waals surface area contributed by atoms with Crippen molar-refractivity contribution in [2.24, 2.45) is 5.92 Å². The van der Waals surface area contributed by atoms with E-state index in [1.807, 2.05) is 29.5 Å². The van der Waals surface area contributed by atoms with Crippen molar-refractivity contribution in [2.75, 3.05) is 6.54 Å². The number of carbonyl (C=O) groups excluding carboxylic acids is 1. The summed E-state index contributed by atoms with van der Waals surface area (Å²) in [5.74, 6) is -1.44. The molecule has 0 saturated carbocycles. The lowest BCUT2D eigenvalue weighted by molar-refractivity contribution is -0.143. The molecular formula is C14H15I2NO4. The minimum Gasteiger partial charge on any atom is -0.506 e. The SMILES string of the molecule is CC1CC(C(=O)O)CCN1C(=O)c1cc(I)cc(I)c1O. The number of rotatable bonds is 2. The molecule has 1 aromatic carbocycles. The minimum atomic E-state index is -0.805. The van der Waals surface area contributed by atoms with E-state index >= 15 is 0 Å². The van der Waals surface area contributed by atoms with Crippen LogP contribution in [0.2, 0.25) is 0 Å². The van der Waals surface area contributed by atoms with Gasteiger partial charge >= 0.3 is 5.97 Å². The van der Waals surface area contributed by atoms with Gasteiger partial charge in [0.05, 0.1) is 15.1 Å². The molecule has 5 nitrogen and oxygen atoms in total. The molecule has 1 aliphatic rings. The molecule has 2 unspecified atom stereocenters. The molecule has 0 aliphatic carbocycles. The molecule has 21 heavy (non-hydrogen) atoms. The Kier molecular flexibility index (Phi) is 5.33. The van der Waals surface area contributed by atoms with Crippen LogP contribution in [0.15, 0.2) is 12.1 Å². The summed E-state index contributed by atoms with van der Waals surface area (Å²) in [5.41, 5.74) is 0.284. The third-order valence-corrected chi connectivity index (χ3v) is 5.19. The molecule has 0 aromatic heterocycles. The maximum absolute atomic E-state index is 12.6. The lowest BCUT2D eigenvalue weighted by atomic mass is 9.91. The Balaban J connectivity index is 2.23. The van der Waals surface area contributed by atoms with Crippen LogP contribution < -0.4 is 0 Å². The fourth-order valence-electron chi connectivity index (χ4n) is 2.58. The molecule has 2 N–H and O–H groups in total. The van der Waals surface area contributed by atoms with Crippen molar-refractivity contribution >= 4 is 57.1 Å². The number of hydrogen-bond donors (Lipinski definition) is 2. The molecule has 2 atom stereocenters. The largest absolute Gasteiger partial charge is 0.506 e. The highest BCUT2D eigenvalue weighted by Crippen LogP contribution is 2.31. The molecule has 0 spiro atoms. The summed E-state index contributed by atoms with van der Waals surface area (Å²) in [6, 6.07) is 3.31. The number of halogens is 2. The van der Waals surface area contributed by atoms with Crippen LogP contribution in [0.5, 0.6) is 5.75 Å². The van der Waals surface area contributed by atoms with Crippen LogP contribution in [-0.2, 0) is 4.79 Å². The molecule has 1 aromatic rings. The van der Waals surface area contributed by atoms with E-state index in [2.05, 4.69) is 22.6 Å². The van der Waals surface area contributed by atoms with E-state index in [0.29, 0.717) is 23.0 Å². The third-order valence-electron chi connectivity index (χ3n) is 3.74. The molecule has 0 radical (unpaired) electrons. The second-order valence-electron chi connectivity index (χ2n) is 5.19. The van der Waals surface area contributed by atoms with E-state index in [9.17, 15) is 14.7 Å². The van der Waals surface area contributed by atoms with Gasteiger partial charge < -0.3 is 15.1 Å². The molecule has 1 saturated heterocycles. The quantitative estimate of drug-likeness (QED) is 0.595. The van der Waals surface area contributed by atoms with Gasteiger partial charge in [-0.25, -0.2) is 0 Å². The van der Waals surface area contributed by atoms with Gasteiger partial charge in [0, 0.05) is 16.2 Å². The Bertz CT molecular complexity index is 591. The number of piperidine rings is 1. The zero-order chi connectivity index (χ0) is 15.7. The zero-order valence-corrected chi connectivity index (χ0v) is 15.7. The van der Waals surface area contributed by atoms with Gasteiger partial charge in [0.25, 0.3) is 5.91 Å². The van der Waals surface area contributed by atoms with Gasteiger partial charge in [0.1, 0.15) is 5.75 Å². The summed E-state index contributed by atoms with van der Waals surface area (Å²) in [7, 11) is 0. The Morgan fingerprint density at radius 2 is 2.00 bits per heavy atom. The van der Waals surface area contributed by atoms with E-state index in [1.165, 1.54) is 0 Å². The van der Waals surface area contributed by atoms with Crippen molar-refractivity contribution in [1.82, 2.24) is 4.90 Å². The second-order valence-corrected chi connectivity index (χ2v) is 7.60. The molecule has 1 fully saturated rings. The normalized spacial score (nSPS) is 22.1. The first-order valence-corrected chi connectivity index (χ1v) is 8.68. The molecule has 1 heterocycles. The lowest BCUT2D eigenvalue weighted by Crippen LogP contribution is -2.46. The number of carbonyl (C=O) groups is 2. The lowest BCUT2D eigenvalue weighted by Gasteiger charge is -2.36. The highest BCUT2D eigenvalue weighted by atomic mass is 127. The van der Waals surface area contributed by atoms with Gasteiger partial charge in [-0.3, -0.25) is 9.59 Å². The van der Waals surface area contributed by atoms with E-state index in [-0.39, 0.29) is 23.3 Å². The van der Waals surface area contributed by atoms with Gasteiger partial charge in [-0.1, -0.05) is 0 Å². The summed E-state index contributed by atoms with van der Waals surface area (Å²) in [6.45, 7) is 2.25. The highest BCUT2D eigenvalue weighted by molar-refractivity contribution is 14.1. The highest BCUT2D eigenvalue weighted by Gasteiger charge is 2.33. The number of phenols is 1. The monoisotopic (exact) mass is 515 g/mol. The van der Waals surface area contributed by atoms with Crippen molar-refractivity contribution in [1.29, 1.82) is 0 Å². The average molecular weight is 515 g/mol. The maximum atomic E-state index is 12.6. The van der Waals surface area contributed by atoms with Gasteiger partial charge in [0.15, 0.2) is 0 Å². The molecule has 0 bridgehead atoms. The van der Waals surface area contributed by atoms with Crippen LogP contribution in [-0.4, -0.2) is 39.6 Å². The van der Waals surface area contributed by atoms with Gasteiger partial charge in [-0.2, -0.15) is 0 Å². The van der Waals surface area contributed by atoms with Crippen LogP contribution in [0, 0.1) is 13.1 Å². The standard InChI is InChI=1S/C14H15I2NO4/c1-7-4-8(14(20)21)2-3-17(7)13(19)10-5-9(15)6-11(16)12(10)18/h5-8,18H,2-4H2,1H3,(H,20,21). The first kappa shape index (κ1) is 16.8. The molecular weight excluding hydrogens is 500 g/mol. The maximum Gasteiger partial charge on any atom is 0.306 e. The van der Waals surface area contributed by atoms with E-state index in [0.717, 1.165) is 3.57 Å². The van der Waals surface area contributed by atoms with E-state index < -0.39 is 11.9 Å². The fourth-order valence-corrected chi connectivity index (χ4v) is 4.43. The van der Waals surface area contributed by atoms with Crippen molar-refractivity contribution < 1.29 is 19.8 Å². The van der Waals surface area contributed by atoms with Crippen LogP contribution in [0.3, 0.4) is 0 Å². The van der Waals surface area contributed by atoms with Crippen LogP contribution in [0.4, 0.5) is 0 Å². The summed E-state index contributed by atoms with van der Waals surface area (Å²) in [4.78, 5) is 25.3. The van der Waals surface area contributed by atoms with Gasteiger partial charge in [-0.15, -0.1) is 0 Å². The fraction of sp³-hybridized carbons (Fsp3) is 0.429. The molecule has 2 rings (SSSR count). The average Bonchev–Trinajstić information content (AvgIpc) is 2.41. The first-order valence-electron chi connectivity index (χ1n) is 6.53. The first-order chi connectivity index (χ1) is 9.81. The van der Waals surface area contributed by atoms with Crippen molar-refractivity contribution in [3.8, 4) is 5.75 Å². The van der Waals surface area contributed by atoms with Crippen LogP contribution >= 0.6 is 45.2 Å². The van der Waals surface area contributed by atoms with Crippen LogP contribution in [0.25, 0.3) is 0 Å². The smallest absolute Gasteiger partial charge is 0.306 e. The van der Waals surface area contributed by atoms with Crippen molar-refractivity contribution in [3.05, 3.63) is 24.8 Å². The number of aliphatic carboxylic acids is 1. The zero-order valence-electron chi connectivity index (χ0n) is 11.3. The number of nitrogens with zero attached hydrogens (tertiary/aromatic N) is 1. The van der Waals surface area contributed by atoms with Gasteiger partial charge in [-0.05, 0) is 77.1 Å². The number of carboxylic acid groups (broad SMARTS) is 1. The minimum absolute atomic E-state index is 0.00595. The van der Waals surface area contributed by atoms with E-state index in [1.54, 1.807) is 17.0 Å². The Labute approximate surface area is 150 Å². The second kappa shape index (κ2) is 6.67. The van der Waals surface area contributed by atoms with Crippen LogP contribution in [0.1, 0.15) is 30.1 Å². The summed E-state index contributed by atoms with van der Waals surface area (Å²) >= 11 is 4.10. The van der Waals surface area contributed by atoms with Crippen molar-refractivity contribution in [3.63, 3.8) is 0 Å². The number of phenolic OH excluding ortho intramolecular Hbond substituents is 1. The predicted octanol–water partition coefficient (Wildman–Crippen LogP) is 2.93. The summed E-state index contributed by atoms with van der Waals surface area (Å²) in [5, 5.41) is 19.2. The van der Waals surface area contributed by atoms with E-state index in [4.69, 9.17) is 5.11 Å². The summed E-state index contributed by atoms with van der Waals surface area (Å²) < 4.78 is 1.52. The molecule has 1 amide bonds. The number of carboxylic acids is 1.